The minimum absolute atomic E-state index is 0.0302. The Morgan fingerprint density at radius 1 is 1.28 bits per heavy atom. The van der Waals surface area contributed by atoms with Gasteiger partial charge in [-0.3, -0.25) is 4.79 Å². The number of ether oxygens (including phenoxy) is 1. The van der Waals surface area contributed by atoms with Crippen molar-refractivity contribution in [3.63, 3.8) is 0 Å². The van der Waals surface area contributed by atoms with E-state index in [0.717, 1.165) is 19.3 Å². The molecule has 0 spiro atoms. The Kier molecular flexibility index (Phi) is 3.74. The molecule has 0 N–H and O–H groups in total. The average Bonchev–Trinajstić information content (AvgIpc) is 3.06. The Morgan fingerprint density at radius 2 is 1.89 bits per heavy atom. The molecule has 0 radical (unpaired) electrons. The second-order valence-electron chi connectivity index (χ2n) is 5.54. The zero-order valence-electron chi connectivity index (χ0n) is 11.7. The van der Waals surface area contributed by atoms with Crippen LogP contribution in [-0.4, -0.2) is 13.1 Å². The molecule has 2 unspecified atom stereocenters. The van der Waals surface area contributed by atoms with E-state index in [2.05, 4.69) is 32.9 Å². The van der Waals surface area contributed by atoms with Gasteiger partial charge in [-0.25, -0.2) is 0 Å². The molecular formula is C16H22O2. The number of hydrogen-bond donors (Lipinski definition) is 0. The summed E-state index contributed by atoms with van der Waals surface area (Å²) in [5.41, 5.74) is 5.54. The van der Waals surface area contributed by atoms with Crippen LogP contribution < -0.4 is 0 Å². The standard InChI is InChI=1S/C16H22O2/c1-10-7-11(2)14(12(3)8-10)6-5-13-9-15(13)16(17)18-4/h7-8,13,15H,5-6,9H2,1-4H3. The van der Waals surface area contributed by atoms with E-state index >= 15 is 0 Å². The second kappa shape index (κ2) is 5.13. The highest BCUT2D eigenvalue weighted by Crippen LogP contribution is 2.43. The number of benzene rings is 1. The van der Waals surface area contributed by atoms with Gasteiger partial charge in [-0.2, -0.15) is 0 Å². The fourth-order valence-electron chi connectivity index (χ4n) is 2.94. The maximum absolute atomic E-state index is 11.4. The molecule has 0 amide bonds. The van der Waals surface area contributed by atoms with E-state index in [9.17, 15) is 4.79 Å². The molecule has 0 saturated heterocycles. The number of carbonyl (C=O) groups excluding carboxylic acids is 1. The third-order valence-electron chi connectivity index (χ3n) is 4.03. The number of hydrogen-bond acceptors (Lipinski definition) is 2. The van der Waals surface area contributed by atoms with E-state index < -0.39 is 0 Å². The van der Waals surface area contributed by atoms with E-state index in [1.807, 2.05) is 0 Å². The summed E-state index contributed by atoms with van der Waals surface area (Å²) in [4.78, 5) is 11.4. The second-order valence-corrected chi connectivity index (χ2v) is 5.54. The highest BCUT2D eigenvalue weighted by atomic mass is 16.5. The van der Waals surface area contributed by atoms with Crippen molar-refractivity contribution >= 4 is 5.97 Å². The monoisotopic (exact) mass is 246 g/mol. The highest BCUT2D eigenvalue weighted by molar-refractivity contribution is 5.75. The molecule has 2 heteroatoms. The van der Waals surface area contributed by atoms with Crippen molar-refractivity contribution in [1.82, 2.24) is 0 Å². The van der Waals surface area contributed by atoms with Crippen LogP contribution in [0.2, 0.25) is 0 Å². The van der Waals surface area contributed by atoms with Gasteiger partial charge < -0.3 is 4.74 Å². The summed E-state index contributed by atoms with van der Waals surface area (Å²) in [6.45, 7) is 6.50. The largest absolute Gasteiger partial charge is 0.469 e. The van der Waals surface area contributed by atoms with Gasteiger partial charge in [0.15, 0.2) is 0 Å². The van der Waals surface area contributed by atoms with E-state index in [1.54, 1.807) is 0 Å². The quantitative estimate of drug-likeness (QED) is 0.761. The molecule has 0 bridgehead atoms. The Bertz CT molecular complexity index is 439. The first-order chi connectivity index (χ1) is 8.52. The molecule has 18 heavy (non-hydrogen) atoms. The van der Waals surface area contributed by atoms with Crippen LogP contribution in [0.3, 0.4) is 0 Å². The van der Waals surface area contributed by atoms with Crippen LogP contribution in [0.4, 0.5) is 0 Å². The average molecular weight is 246 g/mol. The van der Waals surface area contributed by atoms with Crippen LogP contribution >= 0.6 is 0 Å². The highest BCUT2D eigenvalue weighted by Gasteiger charge is 2.43. The molecular weight excluding hydrogens is 224 g/mol. The molecule has 1 fully saturated rings. The van der Waals surface area contributed by atoms with Crippen LogP contribution in [0.15, 0.2) is 12.1 Å². The lowest BCUT2D eigenvalue weighted by Gasteiger charge is -2.11. The van der Waals surface area contributed by atoms with Crippen molar-refractivity contribution in [3.05, 3.63) is 34.4 Å². The Morgan fingerprint density at radius 3 is 2.44 bits per heavy atom. The first-order valence-electron chi connectivity index (χ1n) is 6.67. The number of methoxy groups -OCH3 is 1. The number of carbonyl (C=O) groups is 1. The third-order valence-corrected chi connectivity index (χ3v) is 4.03. The van der Waals surface area contributed by atoms with Crippen molar-refractivity contribution in [2.75, 3.05) is 7.11 Å². The summed E-state index contributed by atoms with van der Waals surface area (Å²) >= 11 is 0. The summed E-state index contributed by atoms with van der Waals surface area (Å²) in [5, 5.41) is 0. The van der Waals surface area contributed by atoms with Crippen LogP contribution in [0, 0.1) is 32.6 Å². The predicted molar refractivity (Wildman–Crippen MR) is 72.6 cm³/mol. The summed E-state index contributed by atoms with van der Waals surface area (Å²) in [6.07, 6.45) is 3.19. The van der Waals surface area contributed by atoms with Gasteiger partial charge in [-0.15, -0.1) is 0 Å². The molecule has 98 valence electrons. The Labute approximate surface area is 109 Å². The van der Waals surface area contributed by atoms with Crippen LogP contribution in [0.5, 0.6) is 0 Å². The molecule has 1 aromatic rings. The summed E-state index contributed by atoms with van der Waals surface area (Å²) in [6, 6.07) is 4.49. The van der Waals surface area contributed by atoms with Crippen molar-refractivity contribution < 1.29 is 9.53 Å². The van der Waals surface area contributed by atoms with Gasteiger partial charge in [0, 0.05) is 0 Å². The van der Waals surface area contributed by atoms with Crippen molar-refractivity contribution in [1.29, 1.82) is 0 Å². The first kappa shape index (κ1) is 13.1. The number of esters is 1. The molecule has 1 aliphatic carbocycles. The molecule has 1 aliphatic rings. The van der Waals surface area contributed by atoms with Gasteiger partial charge in [0.2, 0.25) is 0 Å². The van der Waals surface area contributed by atoms with Gasteiger partial charge in [0.25, 0.3) is 0 Å². The van der Waals surface area contributed by atoms with Gasteiger partial charge in [-0.1, -0.05) is 17.7 Å². The Hall–Kier alpha value is -1.31. The van der Waals surface area contributed by atoms with Gasteiger partial charge in [0.05, 0.1) is 13.0 Å². The fourth-order valence-corrected chi connectivity index (χ4v) is 2.94. The van der Waals surface area contributed by atoms with E-state index in [-0.39, 0.29) is 11.9 Å². The summed E-state index contributed by atoms with van der Waals surface area (Å²) < 4.78 is 4.78. The smallest absolute Gasteiger partial charge is 0.308 e. The lowest BCUT2D eigenvalue weighted by molar-refractivity contribution is -0.142. The summed E-state index contributed by atoms with van der Waals surface area (Å²) in [5.74, 6) is 0.677. The maximum atomic E-state index is 11.4. The first-order valence-corrected chi connectivity index (χ1v) is 6.67. The fraction of sp³-hybridized carbons (Fsp3) is 0.562. The molecule has 1 saturated carbocycles. The molecule has 2 atom stereocenters. The molecule has 2 nitrogen and oxygen atoms in total. The molecule has 0 heterocycles. The van der Waals surface area contributed by atoms with E-state index in [1.165, 1.54) is 29.4 Å². The van der Waals surface area contributed by atoms with Gasteiger partial charge >= 0.3 is 5.97 Å². The van der Waals surface area contributed by atoms with Crippen molar-refractivity contribution in [2.45, 2.75) is 40.0 Å². The minimum atomic E-state index is -0.0302. The Balaban J connectivity index is 1.94. The van der Waals surface area contributed by atoms with Crippen molar-refractivity contribution in [2.24, 2.45) is 11.8 Å². The molecule has 2 rings (SSSR count). The SMILES string of the molecule is COC(=O)C1CC1CCc1c(C)cc(C)cc1C. The van der Waals surface area contributed by atoms with E-state index in [0.29, 0.717) is 5.92 Å². The lowest BCUT2D eigenvalue weighted by Crippen LogP contribution is -2.05. The lowest BCUT2D eigenvalue weighted by atomic mass is 9.95. The zero-order valence-corrected chi connectivity index (χ0v) is 11.7. The normalized spacial score (nSPS) is 21.8. The van der Waals surface area contributed by atoms with Crippen molar-refractivity contribution in [3.8, 4) is 0 Å². The predicted octanol–water partition coefficient (Wildman–Crippen LogP) is 3.35. The topological polar surface area (TPSA) is 26.3 Å². The molecule has 0 aliphatic heterocycles. The van der Waals surface area contributed by atoms with Gasteiger partial charge in [-0.05, 0) is 62.6 Å². The van der Waals surface area contributed by atoms with Crippen LogP contribution in [0.1, 0.15) is 35.1 Å². The third kappa shape index (κ3) is 2.74. The molecule has 1 aromatic carbocycles. The number of aryl methyl sites for hydroxylation is 3. The van der Waals surface area contributed by atoms with Gasteiger partial charge in [0.1, 0.15) is 0 Å². The maximum Gasteiger partial charge on any atom is 0.308 e. The summed E-state index contributed by atoms with van der Waals surface area (Å²) in [7, 11) is 1.48. The van der Waals surface area contributed by atoms with E-state index in [4.69, 9.17) is 4.74 Å². The van der Waals surface area contributed by atoms with Crippen LogP contribution in [0.25, 0.3) is 0 Å². The van der Waals surface area contributed by atoms with Crippen LogP contribution in [-0.2, 0) is 16.0 Å². The number of rotatable bonds is 4. The molecule has 0 aromatic heterocycles. The minimum Gasteiger partial charge on any atom is -0.469 e. The zero-order chi connectivity index (χ0) is 13.3.